The van der Waals surface area contributed by atoms with E-state index in [1.165, 1.54) is 6.07 Å². The Kier molecular flexibility index (Phi) is 6.06. The topological polar surface area (TPSA) is 86.7 Å². The van der Waals surface area contributed by atoms with Crippen LogP contribution in [0.15, 0.2) is 30.3 Å². The van der Waals surface area contributed by atoms with Gasteiger partial charge in [0.2, 0.25) is 0 Å². The van der Waals surface area contributed by atoms with Gasteiger partial charge in [-0.15, -0.1) is 0 Å². The molecule has 0 saturated carbocycles. The molecule has 0 aromatic heterocycles. The van der Waals surface area contributed by atoms with Crippen LogP contribution in [-0.4, -0.2) is 50.5 Å². The summed E-state index contributed by atoms with van der Waals surface area (Å²) in [6.07, 6.45) is 0. The molecular weight excluding hydrogens is 579 g/mol. The second kappa shape index (κ2) is 6.78. The maximum atomic E-state index is 12.3. The number of benzene rings is 1. The van der Waals surface area contributed by atoms with Crippen molar-refractivity contribution in [3.63, 3.8) is 0 Å². The van der Waals surface area contributed by atoms with E-state index in [4.69, 9.17) is 0 Å². The number of hydrogen-bond donors (Lipinski definition) is 0. The first-order valence-electron chi connectivity index (χ1n) is 5.04. The first-order valence-corrected chi connectivity index (χ1v) is 12.4. The molecule has 15 heteroatoms. The summed E-state index contributed by atoms with van der Waals surface area (Å²) in [5, 5.41) is 0. The molecule has 0 aliphatic rings. The van der Waals surface area contributed by atoms with Crippen molar-refractivity contribution in [2.75, 3.05) is 0 Å². The standard InChI is InChI=1S/C6H5.2CHF3O3S.Bi/c1-2-4-6-5-3-1;2*2-1(3,4)8(5,6)7;/h1-5H;2*(H,5,6,7);/q;;;+2/p-2. The molecule has 0 fully saturated rings. The summed E-state index contributed by atoms with van der Waals surface area (Å²) in [6, 6.07) is 5.36. The van der Waals surface area contributed by atoms with Crippen molar-refractivity contribution in [3.05, 3.63) is 30.3 Å². The van der Waals surface area contributed by atoms with E-state index in [0.717, 1.165) is 24.3 Å². The number of halogens is 6. The second-order valence-electron chi connectivity index (χ2n) is 3.54. The van der Waals surface area contributed by atoms with Gasteiger partial charge in [-0.1, -0.05) is 0 Å². The second-order valence-corrected chi connectivity index (χ2v) is 14.1. The van der Waals surface area contributed by atoms with Crippen LogP contribution in [0.3, 0.4) is 0 Å². The quantitative estimate of drug-likeness (QED) is 0.293. The predicted octanol–water partition coefficient (Wildman–Crippen LogP) is 1.11. The maximum absolute atomic E-state index is 12.3. The van der Waals surface area contributed by atoms with Crippen molar-refractivity contribution in [3.8, 4) is 0 Å². The summed E-state index contributed by atoms with van der Waals surface area (Å²) in [5.74, 6) is 0. The van der Waals surface area contributed by atoms with Gasteiger partial charge in [0.15, 0.2) is 0 Å². The fourth-order valence-corrected chi connectivity index (χ4v) is 12.3. The minimum absolute atomic E-state index is 0.497. The summed E-state index contributed by atoms with van der Waals surface area (Å²) < 4.78 is 124. The Morgan fingerprint density at radius 1 is 0.739 bits per heavy atom. The Morgan fingerprint density at radius 2 is 1.09 bits per heavy atom. The molecule has 1 rings (SSSR count). The Hall–Kier alpha value is -0.497. The van der Waals surface area contributed by atoms with E-state index in [0.29, 0.717) is 0 Å². The zero-order valence-corrected chi connectivity index (χ0v) is 15.5. The molecule has 6 nitrogen and oxygen atoms in total. The predicted molar refractivity (Wildman–Crippen MR) is 63.9 cm³/mol. The zero-order chi connectivity index (χ0) is 18.1. The molecule has 0 radical (unpaired) electrons. The third kappa shape index (κ3) is 5.24. The van der Waals surface area contributed by atoms with E-state index < -0.39 is 57.2 Å². The molecule has 0 amide bonds. The fourth-order valence-electron chi connectivity index (χ4n) is 0.911. The molecule has 0 atom stereocenters. The van der Waals surface area contributed by atoms with Crippen LogP contribution in [0.4, 0.5) is 26.3 Å². The van der Waals surface area contributed by atoms with E-state index >= 15 is 0 Å². The SMILES string of the molecule is O=S(=O)([O][Bi]([O]S(=O)(=O)C(F)(F)F)[c]1ccccc1)C(F)(F)F. The third-order valence-electron chi connectivity index (χ3n) is 1.87. The monoisotopic (exact) mass is 584 g/mol. The van der Waals surface area contributed by atoms with Crippen LogP contribution in [0.2, 0.25) is 0 Å². The summed E-state index contributed by atoms with van der Waals surface area (Å²) in [7, 11) is -12.7. The van der Waals surface area contributed by atoms with Gasteiger partial charge in [0.1, 0.15) is 0 Å². The van der Waals surface area contributed by atoms with Crippen LogP contribution in [0.5, 0.6) is 0 Å². The molecule has 1 aromatic carbocycles. The van der Waals surface area contributed by atoms with Crippen LogP contribution in [0.1, 0.15) is 0 Å². The molecule has 0 aliphatic carbocycles. The van der Waals surface area contributed by atoms with Crippen LogP contribution < -0.4 is 3.27 Å². The fraction of sp³-hybridized carbons (Fsp3) is 0.250. The molecule has 0 heterocycles. The Morgan fingerprint density at radius 3 is 1.39 bits per heavy atom. The minimum atomic E-state index is -6.33. The molecular formula is C8H5BiF6O6S2. The molecule has 0 saturated heterocycles. The Labute approximate surface area is 135 Å². The van der Waals surface area contributed by atoms with E-state index in [9.17, 15) is 43.2 Å². The Balaban J connectivity index is 3.26. The first kappa shape index (κ1) is 20.5. The molecule has 1 aromatic rings. The van der Waals surface area contributed by atoms with Crippen LogP contribution in [-0.2, 0) is 24.8 Å². The molecule has 0 aliphatic heterocycles. The first-order chi connectivity index (χ1) is 10.2. The van der Waals surface area contributed by atoms with E-state index in [1.54, 1.807) is 0 Å². The molecule has 0 unspecified atom stereocenters. The molecule has 23 heavy (non-hydrogen) atoms. The van der Waals surface area contributed by atoms with Crippen molar-refractivity contribution in [2.45, 2.75) is 11.0 Å². The molecule has 0 bridgehead atoms. The van der Waals surface area contributed by atoms with Crippen molar-refractivity contribution < 1.29 is 47.7 Å². The van der Waals surface area contributed by atoms with Gasteiger partial charge in [0.25, 0.3) is 0 Å². The van der Waals surface area contributed by atoms with Gasteiger partial charge >= 0.3 is 135 Å². The van der Waals surface area contributed by atoms with Crippen molar-refractivity contribution >= 4 is 46.1 Å². The van der Waals surface area contributed by atoms with Crippen molar-refractivity contribution in [2.24, 2.45) is 0 Å². The average Bonchev–Trinajstić information content (AvgIpc) is 2.35. The van der Waals surface area contributed by atoms with Gasteiger partial charge in [-0.25, -0.2) is 0 Å². The Bertz CT molecular complexity index is 696. The van der Waals surface area contributed by atoms with E-state index in [-0.39, 0.29) is 0 Å². The van der Waals surface area contributed by atoms with Crippen LogP contribution >= 0.6 is 0 Å². The molecule has 0 N–H and O–H groups in total. The van der Waals surface area contributed by atoms with Gasteiger partial charge in [0.05, 0.1) is 0 Å². The van der Waals surface area contributed by atoms with Gasteiger partial charge in [-0.05, 0) is 0 Å². The van der Waals surface area contributed by atoms with Gasteiger partial charge < -0.3 is 0 Å². The van der Waals surface area contributed by atoms with E-state index in [1.807, 2.05) is 0 Å². The van der Waals surface area contributed by atoms with Gasteiger partial charge in [-0.3, -0.25) is 0 Å². The summed E-state index contributed by atoms with van der Waals surface area (Å²) in [6.45, 7) is 0. The van der Waals surface area contributed by atoms with Crippen molar-refractivity contribution in [1.82, 2.24) is 0 Å². The summed E-state index contributed by atoms with van der Waals surface area (Å²) in [4.78, 5) is 0. The molecule has 0 spiro atoms. The van der Waals surface area contributed by atoms with Crippen molar-refractivity contribution in [1.29, 1.82) is 0 Å². The molecule has 132 valence electrons. The number of alkyl halides is 6. The van der Waals surface area contributed by atoms with Crippen LogP contribution in [0.25, 0.3) is 0 Å². The normalized spacial score (nSPS) is 14.2. The third-order valence-corrected chi connectivity index (χ3v) is 14.2. The van der Waals surface area contributed by atoms with E-state index in [2.05, 4.69) is 4.52 Å². The van der Waals surface area contributed by atoms with Crippen LogP contribution in [0, 0.1) is 0 Å². The van der Waals surface area contributed by atoms with Gasteiger partial charge in [0, 0.05) is 0 Å². The van der Waals surface area contributed by atoms with Gasteiger partial charge in [-0.2, -0.15) is 0 Å². The average molecular weight is 584 g/mol. The zero-order valence-electron chi connectivity index (χ0n) is 10.4. The number of rotatable bonds is 5. The number of hydrogen-bond acceptors (Lipinski definition) is 6. The summed E-state index contributed by atoms with van der Waals surface area (Å²) >= 11 is -5.43. The summed E-state index contributed by atoms with van der Waals surface area (Å²) in [5.41, 5.74) is -11.9.